The minimum atomic E-state index is -1.05. The van der Waals surface area contributed by atoms with Gasteiger partial charge in [-0.15, -0.1) is 0 Å². The fourth-order valence-corrected chi connectivity index (χ4v) is 1.86. The highest BCUT2D eigenvalue weighted by atomic mass is 79.9. The van der Waals surface area contributed by atoms with Crippen molar-refractivity contribution < 1.29 is 19.4 Å². The number of rotatable bonds is 4. The molecule has 0 aliphatic carbocycles. The summed E-state index contributed by atoms with van der Waals surface area (Å²) in [6.07, 6.45) is 0. The zero-order chi connectivity index (χ0) is 13.0. The number of carboxylic acid groups (broad SMARTS) is 1. The van der Waals surface area contributed by atoms with Crippen LogP contribution in [0.4, 0.5) is 0 Å². The second kappa shape index (κ2) is 5.82. The number of hydrogen-bond donors (Lipinski definition) is 1. The Morgan fingerprint density at radius 1 is 1.47 bits per heavy atom. The van der Waals surface area contributed by atoms with E-state index in [0.29, 0.717) is 5.56 Å². The van der Waals surface area contributed by atoms with Crippen molar-refractivity contribution in [2.45, 2.75) is 19.8 Å². The van der Waals surface area contributed by atoms with E-state index in [9.17, 15) is 9.59 Å². The average Bonchev–Trinajstić information content (AvgIpc) is 2.27. The van der Waals surface area contributed by atoms with Crippen molar-refractivity contribution >= 4 is 27.9 Å². The number of hydrogen-bond acceptors (Lipinski definition) is 3. The molecule has 17 heavy (non-hydrogen) atoms. The number of carbonyl (C=O) groups is 2. The Kier molecular flexibility index (Phi) is 4.69. The van der Waals surface area contributed by atoms with E-state index in [1.165, 1.54) is 6.07 Å². The first kappa shape index (κ1) is 13.7. The molecule has 0 saturated heterocycles. The van der Waals surface area contributed by atoms with Crippen molar-refractivity contribution in [1.82, 2.24) is 0 Å². The maximum absolute atomic E-state index is 11.6. The van der Waals surface area contributed by atoms with Crippen molar-refractivity contribution in [1.29, 1.82) is 0 Å². The molecule has 4 nitrogen and oxygen atoms in total. The molecule has 1 atom stereocenters. The summed E-state index contributed by atoms with van der Waals surface area (Å²) in [7, 11) is 0. The van der Waals surface area contributed by atoms with Gasteiger partial charge in [-0.05, 0) is 37.6 Å². The van der Waals surface area contributed by atoms with Gasteiger partial charge in [0.25, 0.3) is 0 Å². The minimum Gasteiger partial charge on any atom is -0.478 e. The number of esters is 1. The lowest BCUT2D eigenvalue weighted by Crippen LogP contribution is -2.16. The third-order valence-electron chi connectivity index (χ3n) is 2.35. The van der Waals surface area contributed by atoms with Crippen LogP contribution in [0.5, 0.6) is 0 Å². The maximum atomic E-state index is 11.6. The summed E-state index contributed by atoms with van der Waals surface area (Å²) in [6, 6.07) is 4.73. The highest BCUT2D eigenvalue weighted by molar-refractivity contribution is 9.10. The average molecular weight is 301 g/mol. The molecule has 0 saturated carbocycles. The van der Waals surface area contributed by atoms with Crippen LogP contribution in [0.1, 0.15) is 35.7 Å². The van der Waals surface area contributed by atoms with Crippen LogP contribution in [0, 0.1) is 0 Å². The van der Waals surface area contributed by atoms with Gasteiger partial charge in [0.2, 0.25) is 0 Å². The first-order chi connectivity index (χ1) is 7.97. The van der Waals surface area contributed by atoms with E-state index < -0.39 is 17.9 Å². The van der Waals surface area contributed by atoms with Crippen LogP contribution >= 0.6 is 15.9 Å². The van der Waals surface area contributed by atoms with Crippen molar-refractivity contribution in [3.8, 4) is 0 Å². The summed E-state index contributed by atoms with van der Waals surface area (Å²) in [5, 5.41) is 9.05. The molecule has 0 bridgehead atoms. The largest absolute Gasteiger partial charge is 0.478 e. The molecule has 0 aromatic heterocycles. The van der Waals surface area contributed by atoms with E-state index in [-0.39, 0.29) is 12.2 Å². The molecular formula is C12H13BrO4. The molecule has 1 N–H and O–H groups in total. The van der Waals surface area contributed by atoms with Gasteiger partial charge in [0, 0.05) is 4.47 Å². The second-order valence-corrected chi connectivity index (χ2v) is 4.43. The highest BCUT2D eigenvalue weighted by Crippen LogP contribution is 2.25. The van der Waals surface area contributed by atoms with Gasteiger partial charge in [0.05, 0.1) is 18.1 Å². The third-order valence-corrected chi connectivity index (χ3v) is 2.84. The molecule has 1 aromatic carbocycles. The lowest BCUT2D eigenvalue weighted by Gasteiger charge is -2.13. The zero-order valence-electron chi connectivity index (χ0n) is 9.57. The van der Waals surface area contributed by atoms with Crippen LogP contribution in [0.25, 0.3) is 0 Å². The van der Waals surface area contributed by atoms with Crippen molar-refractivity contribution in [2.24, 2.45) is 0 Å². The SMILES string of the molecule is CCOC(=O)C(C)c1cc(Br)ccc1C(=O)O. The van der Waals surface area contributed by atoms with Gasteiger partial charge in [-0.2, -0.15) is 0 Å². The van der Waals surface area contributed by atoms with Gasteiger partial charge in [-0.3, -0.25) is 4.79 Å². The predicted octanol–water partition coefficient (Wildman–Crippen LogP) is 2.81. The first-order valence-corrected chi connectivity index (χ1v) is 5.96. The lowest BCUT2D eigenvalue weighted by molar-refractivity contribution is -0.144. The van der Waals surface area contributed by atoms with Crippen LogP contribution in [0.3, 0.4) is 0 Å². The monoisotopic (exact) mass is 300 g/mol. The highest BCUT2D eigenvalue weighted by Gasteiger charge is 2.22. The normalized spacial score (nSPS) is 11.9. The lowest BCUT2D eigenvalue weighted by atomic mass is 9.96. The molecule has 0 aliphatic heterocycles. The minimum absolute atomic E-state index is 0.119. The molecule has 92 valence electrons. The Labute approximate surface area is 108 Å². The first-order valence-electron chi connectivity index (χ1n) is 5.16. The Hall–Kier alpha value is -1.36. The second-order valence-electron chi connectivity index (χ2n) is 3.51. The molecule has 1 unspecified atom stereocenters. The van der Waals surface area contributed by atoms with Crippen molar-refractivity contribution in [3.63, 3.8) is 0 Å². The van der Waals surface area contributed by atoms with Gasteiger partial charge < -0.3 is 9.84 Å². The van der Waals surface area contributed by atoms with E-state index in [0.717, 1.165) is 4.47 Å². The molecule has 0 aliphatic rings. The Bertz CT molecular complexity index is 442. The van der Waals surface area contributed by atoms with Crippen LogP contribution in [-0.2, 0) is 9.53 Å². The summed E-state index contributed by atoms with van der Waals surface area (Å²) in [6.45, 7) is 3.62. The van der Waals surface area contributed by atoms with Crippen LogP contribution in [0.15, 0.2) is 22.7 Å². The molecule has 0 fully saturated rings. The Balaban J connectivity index is 3.14. The van der Waals surface area contributed by atoms with Gasteiger partial charge in [-0.25, -0.2) is 4.79 Å². The third kappa shape index (κ3) is 3.30. The smallest absolute Gasteiger partial charge is 0.335 e. The van der Waals surface area contributed by atoms with Crippen LogP contribution in [-0.4, -0.2) is 23.7 Å². The standard InChI is InChI=1S/C12H13BrO4/c1-3-17-12(16)7(2)10-6-8(13)4-5-9(10)11(14)15/h4-7H,3H2,1-2H3,(H,14,15). The maximum Gasteiger partial charge on any atom is 0.335 e. The summed E-state index contributed by atoms with van der Waals surface area (Å²) in [5.41, 5.74) is 0.569. The predicted molar refractivity (Wildman–Crippen MR) is 66.1 cm³/mol. The van der Waals surface area contributed by atoms with E-state index in [2.05, 4.69) is 15.9 Å². The van der Waals surface area contributed by atoms with Crippen LogP contribution < -0.4 is 0 Å². The summed E-state index contributed by atoms with van der Waals surface area (Å²) < 4.78 is 5.62. The number of carbonyl (C=O) groups excluding carboxylic acids is 1. The summed E-state index contributed by atoms with van der Waals surface area (Å²) in [5.74, 6) is -2.07. The summed E-state index contributed by atoms with van der Waals surface area (Å²) in [4.78, 5) is 22.6. The Morgan fingerprint density at radius 3 is 2.65 bits per heavy atom. The fourth-order valence-electron chi connectivity index (χ4n) is 1.48. The number of halogens is 1. The van der Waals surface area contributed by atoms with Gasteiger partial charge in [0.1, 0.15) is 0 Å². The molecule has 5 heteroatoms. The number of ether oxygens (including phenoxy) is 1. The molecule has 0 heterocycles. The molecule has 0 amide bonds. The zero-order valence-corrected chi connectivity index (χ0v) is 11.2. The topological polar surface area (TPSA) is 63.6 Å². The van der Waals surface area contributed by atoms with E-state index in [1.807, 2.05) is 0 Å². The molecule has 0 radical (unpaired) electrons. The van der Waals surface area contributed by atoms with Gasteiger partial charge >= 0.3 is 11.9 Å². The number of carboxylic acids is 1. The van der Waals surface area contributed by atoms with Crippen molar-refractivity contribution in [2.75, 3.05) is 6.61 Å². The van der Waals surface area contributed by atoms with E-state index in [4.69, 9.17) is 9.84 Å². The molecule has 1 aromatic rings. The van der Waals surface area contributed by atoms with Gasteiger partial charge in [0.15, 0.2) is 0 Å². The molecular weight excluding hydrogens is 288 g/mol. The fraction of sp³-hybridized carbons (Fsp3) is 0.333. The van der Waals surface area contributed by atoms with Crippen LogP contribution in [0.2, 0.25) is 0 Å². The quantitative estimate of drug-likeness (QED) is 0.869. The van der Waals surface area contributed by atoms with E-state index >= 15 is 0 Å². The molecule has 0 spiro atoms. The summed E-state index contributed by atoms with van der Waals surface area (Å²) >= 11 is 3.26. The molecule has 1 rings (SSSR count). The van der Waals surface area contributed by atoms with Gasteiger partial charge in [-0.1, -0.05) is 15.9 Å². The number of aromatic carboxylic acids is 1. The van der Waals surface area contributed by atoms with E-state index in [1.54, 1.807) is 26.0 Å². The van der Waals surface area contributed by atoms with Crippen molar-refractivity contribution in [3.05, 3.63) is 33.8 Å². The Morgan fingerprint density at radius 2 is 2.12 bits per heavy atom. The number of benzene rings is 1.